The summed E-state index contributed by atoms with van der Waals surface area (Å²) in [6.45, 7) is 0.447. The second-order valence-corrected chi connectivity index (χ2v) is 5.88. The van der Waals surface area contributed by atoms with Crippen molar-refractivity contribution < 1.29 is 18.4 Å². The van der Waals surface area contributed by atoms with Crippen molar-refractivity contribution in [2.75, 3.05) is 6.54 Å². The van der Waals surface area contributed by atoms with Gasteiger partial charge in [0.15, 0.2) is 0 Å². The molecule has 2 N–H and O–H groups in total. The van der Waals surface area contributed by atoms with E-state index in [1.807, 2.05) is 22.9 Å². The Labute approximate surface area is 142 Å². The van der Waals surface area contributed by atoms with E-state index in [1.165, 1.54) is 6.26 Å². The fourth-order valence-corrected chi connectivity index (χ4v) is 3.00. The second-order valence-electron chi connectivity index (χ2n) is 5.10. The Kier molecular flexibility index (Phi) is 5.12. The normalized spacial score (nSPS) is 11.8. The van der Waals surface area contributed by atoms with Crippen molar-refractivity contribution in [3.63, 3.8) is 0 Å². The molecule has 0 aliphatic rings. The van der Waals surface area contributed by atoms with E-state index in [0.29, 0.717) is 5.76 Å². The number of carbonyl (C=O) groups is 2. The van der Waals surface area contributed by atoms with Crippen molar-refractivity contribution >= 4 is 23.2 Å². The smallest absolute Gasteiger partial charge is 0.309 e. The van der Waals surface area contributed by atoms with Gasteiger partial charge in [0, 0.05) is 6.54 Å². The maximum atomic E-state index is 12.0. The largest absolute Gasteiger partial charge is 0.469 e. The molecule has 0 bridgehead atoms. The maximum absolute atomic E-state index is 12.0. The second kappa shape index (κ2) is 7.65. The van der Waals surface area contributed by atoms with Crippen molar-refractivity contribution in [2.24, 2.45) is 0 Å². The fraction of sp³-hybridized carbons (Fsp3) is 0.176. The standard InChI is InChI=1S/C17H16N2O4S/c20-16(18-9-13-3-1-6-22-13)17(21)19-10-14(12-5-8-24-11-12)15-4-2-7-23-15/h1-8,11,14H,9-10H2,(H,18,20)(H,19,21). The molecule has 0 saturated carbocycles. The lowest BCUT2D eigenvalue weighted by Crippen LogP contribution is -2.41. The van der Waals surface area contributed by atoms with Crippen LogP contribution in [0.1, 0.15) is 23.0 Å². The molecule has 0 saturated heterocycles. The zero-order valence-corrected chi connectivity index (χ0v) is 13.5. The number of nitrogens with one attached hydrogen (secondary N) is 2. The van der Waals surface area contributed by atoms with Crippen molar-refractivity contribution in [3.05, 3.63) is 70.7 Å². The summed E-state index contributed by atoms with van der Waals surface area (Å²) < 4.78 is 10.6. The minimum Gasteiger partial charge on any atom is -0.469 e. The van der Waals surface area contributed by atoms with Gasteiger partial charge in [-0.25, -0.2) is 0 Å². The summed E-state index contributed by atoms with van der Waals surface area (Å²) in [6.07, 6.45) is 3.10. The molecule has 124 valence electrons. The first kappa shape index (κ1) is 16.1. The van der Waals surface area contributed by atoms with Crippen LogP contribution in [0.4, 0.5) is 0 Å². The summed E-state index contributed by atoms with van der Waals surface area (Å²) in [5.41, 5.74) is 1.03. The van der Waals surface area contributed by atoms with Crippen LogP contribution in [-0.2, 0) is 16.1 Å². The van der Waals surface area contributed by atoms with Crippen LogP contribution in [-0.4, -0.2) is 18.4 Å². The maximum Gasteiger partial charge on any atom is 0.309 e. The molecule has 0 fully saturated rings. The Hall–Kier alpha value is -2.80. The van der Waals surface area contributed by atoms with E-state index in [2.05, 4.69) is 10.6 Å². The molecule has 7 heteroatoms. The summed E-state index contributed by atoms with van der Waals surface area (Å²) in [5.74, 6) is -0.191. The van der Waals surface area contributed by atoms with Crippen LogP contribution in [0.3, 0.4) is 0 Å². The summed E-state index contributed by atoms with van der Waals surface area (Å²) in [4.78, 5) is 23.8. The molecule has 0 spiro atoms. The highest BCUT2D eigenvalue weighted by atomic mass is 32.1. The van der Waals surface area contributed by atoms with Crippen molar-refractivity contribution in [2.45, 2.75) is 12.5 Å². The predicted molar refractivity (Wildman–Crippen MR) is 88.4 cm³/mol. The van der Waals surface area contributed by atoms with Gasteiger partial charge >= 0.3 is 11.8 Å². The molecular weight excluding hydrogens is 328 g/mol. The van der Waals surface area contributed by atoms with Gasteiger partial charge in [-0.3, -0.25) is 9.59 Å². The molecule has 6 nitrogen and oxygen atoms in total. The van der Waals surface area contributed by atoms with E-state index in [4.69, 9.17) is 8.83 Å². The number of amides is 2. The van der Waals surface area contributed by atoms with Gasteiger partial charge in [-0.2, -0.15) is 11.3 Å². The van der Waals surface area contributed by atoms with Crippen LogP contribution >= 0.6 is 11.3 Å². The summed E-state index contributed by atoms with van der Waals surface area (Å²) in [5, 5.41) is 9.12. The van der Waals surface area contributed by atoms with E-state index in [0.717, 1.165) is 11.3 Å². The lowest BCUT2D eigenvalue weighted by atomic mass is 9.99. The van der Waals surface area contributed by atoms with Gasteiger partial charge in [0.05, 0.1) is 25.0 Å². The monoisotopic (exact) mass is 344 g/mol. The van der Waals surface area contributed by atoms with Crippen molar-refractivity contribution in [1.82, 2.24) is 10.6 Å². The lowest BCUT2D eigenvalue weighted by molar-refractivity contribution is -0.139. The first-order valence-corrected chi connectivity index (χ1v) is 8.32. The average Bonchev–Trinajstić information content (AvgIpc) is 3.35. The van der Waals surface area contributed by atoms with Gasteiger partial charge in [-0.15, -0.1) is 0 Å². The Morgan fingerprint density at radius 3 is 2.50 bits per heavy atom. The van der Waals surface area contributed by atoms with E-state index < -0.39 is 11.8 Å². The highest BCUT2D eigenvalue weighted by Crippen LogP contribution is 2.26. The van der Waals surface area contributed by atoms with E-state index in [9.17, 15) is 9.59 Å². The summed E-state index contributed by atoms with van der Waals surface area (Å²) >= 11 is 1.57. The molecule has 3 aromatic rings. The Morgan fingerprint density at radius 1 is 1.04 bits per heavy atom. The zero-order valence-electron chi connectivity index (χ0n) is 12.7. The van der Waals surface area contributed by atoms with Crippen LogP contribution in [0.2, 0.25) is 0 Å². The highest BCUT2D eigenvalue weighted by Gasteiger charge is 2.20. The third kappa shape index (κ3) is 3.94. The van der Waals surface area contributed by atoms with E-state index in [1.54, 1.807) is 35.8 Å². The van der Waals surface area contributed by atoms with Crippen LogP contribution in [0.25, 0.3) is 0 Å². The molecular formula is C17H16N2O4S. The molecule has 1 atom stereocenters. The van der Waals surface area contributed by atoms with Crippen molar-refractivity contribution in [3.8, 4) is 0 Å². The fourth-order valence-electron chi connectivity index (χ4n) is 2.28. The first-order valence-electron chi connectivity index (χ1n) is 7.38. The topological polar surface area (TPSA) is 84.5 Å². The van der Waals surface area contributed by atoms with Crippen LogP contribution < -0.4 is 10.6 Å². The predicted octanol–water partition coefficient (Wildman–Crippen LogP) is 2.50. The molecule has 3 heterocycles. The molecule has 0 aromatic carbocycles. The van der Waals surface area contributed by atoms with Gasteiger partial charge in [0.1, 0.15) is 11.5 Å². The van der Waals surface area contributed by atoms with Crippen LogP contribution in [0.15, 0.2) is 62.5 Å². The Bertz CT molecular complexity index is 730. The van der Waals surface area contributed by atoms with Gasteiger partial charge in [-0.05, 0) is 46.7 Å². The van der Waals surface area contributed by atoms with Crippen LogP contribution in [0, 0.1) is 0 Å². The highest BCUT2D eigenvalue weighted by molar-refractivity contribution is 7.08. The molecule has 0 aliphatic carbocycles. The molecule has 3 aromatic heterocycles. The Balaban J connectivity index is 1.56. The minimum atomic E-state index is -0.699. The number of hydrogen-bond acceptors (Lipinski definition) is 5. The van der Waals surface area contributed by atoms with E-state index >= 15 is 0 Å². The third-order valence-corrected chi connectivity index (χ3v) is 4.21. The minimum absolute atomic E-state index is 0.131. The lowest BCUT2D eigenvalue weighted by Gasteiger charge is -2.14. The quantitative estimate of drug-likeness (QED) is 0.673. The molecule has 1 unspecified atom stereocenters. The van der Waals surface area contributed by atoms with Crippen LogP contribution in [0.5, 0.6) is 0 Å². The van der Waals surface area contributed by atoms with E-state index in [-0.39, 0.29) is 19.0 Å². The molecule has 2 amide bonds. The van der Waals surface area contributed by atoms with Gasteiger partial charge in [0.2, 0.25) is 0 Å². The number of carbonyl (C=O) groups excluding carboxylic acids is 2. The Morgan fingerprint density at radius 2 is 1.83 bits per heavy atom. The number of thiophene rings is 1. The number of furan rings is 2. The zero-order chi connectivity index (χ0) is 16.8. The first-order chi connectivity index (χ1) is 11.7. The molecule has 0 radical (unpaired) electrons. The number of rotatable bonds is 6. The van der Waals surface area contributed by atoms with Gasteiger partial charge < -0.3 is 19.5 Å². The summed E-state index contributed by atoms with van der Waals surface area (Å²) in [7, 11) is 0. The molecule has 0 aliphatic heterocycles. The molecule has 24 heavy (non-hydrogen) atoms. The van der Waals surface area contributed by atoms with Gasteiger partial charge in [0.25, 0.3) is 0 Å². The average molecular weight is 344 g/mol. The summed E-state index contributed by atoms with van der Waals surface area (Å²) in [6, 6.07) is 9.07. The molecule has 3 rings (SSSR count). The SMILES string of the molecule is O=C(NCc1ccco1)C(=O)NCC(c1ccsc1)c1ccco1. The third-order valence-electron chi connectivity index (χ3n) is 3.51. The number of hydrogen-bond donors (Lipinski definition) is 2. The van der Waals surface area contributed by atoms with Gasteiger partial charge in [-0.1, -0.05) is 0 Å². The van der Waals surface area contributed by atoms with Crippen molar-refractivity contribution in [1.29, 1.82) is 0 Å².